The third kappa shape index (κ3) is 5.58. The Morgan fingerprint density at radius 2 is 1.89 bits per heavy atom. The van der Waals surface area contributed by atoms with Gasteiger partial charge in [-0.25, -0.2) is 4.68 Å². The number of hydrogen-bond acceptors (Lipinski definition) is 4. The molecule has 0 atom stereocenters. The van der Waals surface area contributed by atoms with Gasteiger partial charge in [-0.15, -0.1) is 0 Å². The summed E-state index contributed by atoms with van der Waals surface area (Å²) >= 11 is 11.8. The van der Waals surface area contributed by atoms with Gasteiger partial charge in [0, 0.05) is 17.6 Å². The fraction of sp³-hybridized carbons (Fsp3) is 0.150. The molecule has 0 saturated carbocycles. The van der Waals surface area contributed by atoms with E-state index in [-0.39, 0.29) is 6.42 Å². The van der Waals surface area contributed by atoms with Crippen LogP contribution in [0.5, 0.6) is 0 Å². The molecule has 0 fully saturated rings. The highest BCUT2D eigenvalue weighted by Crippen LogP contribution is 2.25. The predicted molar refractivity (Wildman–Crippen MR) is 108 cm³/mol. The maximum absolute atomic E-state index is 11.9. The second-order valence-corrected chi connectivity index (χ2v) is 6.81. The summed E-state index contributed by atoms with van der Waals surface area (Å²) in [6, 6.07) is 14.4. The fourth-order valence-electron chi connectivity index (χ4n) is 2.46. The van der Waals surface area contributed by atoms with Crippen molar-refractivity contribution in [2.75, 3.05) is 11.9 Å². The van der Waals surface area contributed by atoms with Gasteiger partial charge in [0.2, 0.25) is 0 Å². The molecular weight excluding hydrogens is 401 g/mol. The Kier molecular flexibility index (Phi) is 6.68. The summed E-state index contributed by atoms with van der Waals surface area (Å²) in [6.45, 7) is -0.398. The molecule has 2 aromatic carbocycles. The van der Waals surface area contributed by atoms with Crippen LogP contribution in [0.4, 0.5) is 5.69 Å². The summed E-state index contributed by atoms with van der Waals surface area (Å²) in [5, 5.41) is 7.62. The lowest BCUT2D eigenvalue weighted by Gasteiger charge is -2.08. The third-order valence-electron chi connectivity index (χ3n) is 3.84. The van der Waals surface area contributed by atoms with Crippen LogP contribution >= 0.6 is 23.2 Å². The van der Waals surface area contributed by atoms with E-state index < -0.39 is 18.5 Å². The van der Waals surface area contributed by atoms with Gasteiger partial charge in [-0.3, -0.25) is 9.59 Å². The van der Waals surface area contributed by atoms with E-state index in [0.29, 0.717) is 22.2 Å². The van der Waals surface area contributed by atoms with Gasteiger partial charge < -0.3 is 10.1 Å². The van der Waals surface area contributed by atoms with Gasteiger partial charge >= 0.3 is 5.97 Å². The van der Waals surface area contributed by atoms with E-state index >= 15 is 0 Å². The van der Waals surface area contributed by atoms with Crippen molar-refractivity contribution in [3.05, 3.63) is 76.5 Å². The first-order valence-electron chi connectivity index (χ1n) is 8.51. The van der Waals surface area contributed by atoms with Crippen LogP contribution in [0.25, 0.3) is 5.69 Å². The molecule has 0 bridgehead atoms. The molecule has 0 unspecified atom stereocenters. The molecule has 1 heterocycles. The summed E-state index contributed by atoms with van der Waals surface area (Å²) in [5.41, 5.74) is 2.20. The van der Waals surface area contributed by atoms with Gasteiger partial charge in [0.15, 0.2) is 6.61 Å². The largest absolute Gasteiger partial charge is 0.456 e. The zero-order valence-corrected chi connectivity index (χ0v) is 16.3. The Bertz CT molecular complexity index is 974. The van der Waals surface area contributed by atoms with Crippen LogP contribution in [0.3, 0.4) is 0 Å². The average molecular weight is 418 g/mol. The summed E-state index contributed by atoms with van der Waals surface area (Å²) in [6.07, 6.45) is 4.17. The Balaban J connectivity index is 1.44. The minimum atomic E-state index is -0.491. The highest BCUT2D eigenvalue weighted by Gasteiger charge is 2.11. The molecule has 0 radical (unpaired) electrons. The van der Waals surface area contributed by atoms with Crippen LogP contribution < -0.4 is 5.32 Å². The van der Waals surface area contributed by atoms with Crippen LogP contribution in [0, 0.1) is 0 Å². The first-order chi connectivity index (χ1) is 13.5. The topological polar surface area (TPSA) is 73.2 Å². The molecule has 6 nitrogen and oxygen atoms in total. The number of halogens is 2. The summed E-state index contributed by atoms with van der Waals surface area (Å²) < 4.78 is 6.74. The van der Waals surface area contributed by atoms with E-state index in [1.165, 1.54) is 6.07 Å². The first-order valence-corrected chi connectivity index (χ1v) is 9.26. The molecule has 0 saturated heterocycles. The monoisotopic (exact) mass is 417 g/mol. The second-order valence-electron chi connectivity index (χ2n) is 5.96. The molecule has 1 N–H and O–H groups in total. The van der Waals surface area contributed by atoms with Gasteiger partial charge in [-0.2, -0.15) is 5.10 Å². The molecular formula is C20H17Cl2N3O3. The number of nitrogens with one attached hydrogen (secondary N) is 1. The third-order valence-corrected chi connectivity index (χ3v) is 4.41. The summed E-state index contributed by atoms with van der Waals surface area (Å²) in [5.74, 6) is -0.964. The standard InChI is InChI=1S/C20H17Cl2N3O3/c21-15-7-8-17(22)18(10-15)24-19(26)13-28-20(27)9-6-14-11-23-25(12-14)16-4-2-1-3-5-16/h1-5,7-8,10-12H,6,9,13H2,(H,24,26). The zero-order chi connectivity index (χ0) is 19.9. The van der Waals surface area contributed by atoms with Gasteiger partial charge in [-0.1, -0.05) is 41.4 Å². The fourth-order valence-corrected chi connectivity index (χ4v) is 2.79. The first kappa shape index (κ1) is 19.9. The van der Waals surface area contributed by atoms with Gasteiger partial charge in [0.1, 0.15) is 0 Å². The number of nitrogens with zero attached hydrogens (tertiary/aromatic N) is 2. The normalized spacial score (nSPS) is 10.5. The molecule has 0 aliphatic heterocycles. The molecule has 0 spiro atoms. The number of aryl methyl sites for hydroxylation is 1. The van der Waals surface area contributed by atoms with E-state index in [1.807, 2.05) is 36.5 Å². The molecule has 0 aliphatic rings. The smallest absolute Gasteiger partial charge is 0.306 e. The number of hydrogen-bond donors (Lipinski definition) is 1. The molecule has 144 valence electrons. The number of aromatic nitrogens is 2. The van der Waals surface area contributed by atoms with Crippen LogP contribution in [-0.2, 0) is 20.7 Å². The van der Waals surface area contributed by atoms with Crippen molar-refractivity contribution in [3.63, 3.8) is 0 Å². The van der Waals surface area contributed by atoms with Crippen LogP contribution in [-0.4, -0.2) is 28.3 Å². The maximum Gasteiger partial charge on any atom is 0.306 e. The van der Waals surface area contributed by atoms with Crippen LogP contribution in [0.1, 0.15) is 12.0 Å². The lowest BCUT2D eigenvalue weighted by molar-refractivity contribution is -0.147. The lowest BCUT2D eigenvalue weighted by Crippen LogP contribution is -2.21. The molecule has 1 aromatic heterocycles. The lowest BCUT2D eigenvalue weighted by atomic mass is 10.2. The Morgan fingerprint density at radius 1 is 1.11 bits per heavy atom. The molecule has 0 aliphatic carbocycles. The number of ether oxygens (including phenoxy) is 1. The average Bonchev–Trinajstić information content (AvgIpc) is 3.17. The van der Waals surface area contributed by atoms with E-state index in [9.17, 15) is 9.59 Å². The van der Waals surface area contributed by atoms with E-state index in [0.717, 1.165) is 11.3 Å². The quantitative estimate of drug-likeness (QED) is 0.581. The predicted octanol–water partition coefficient (Wildman–Crippen LogP) is 4.29. The number of anilines is 1. The second kappa shape index (κ2) is 9.39. The van der Waals surface area contributed by atoms with Crippen molar-refractivity contribution in [1.82, 2.24) is 9.78 Å². The van der Waals surface area contributed by atoms with Crippen molar-refractivity contribution in [3.8, 4) is 5.69 Å². The van der Waals surface area contributed by atoms with Crippen LogP contribution in [0.2, 0.25) is 10.0 Å². The minimum Gasteiger partial charge on any atom is -0.456 e. The van der Waals surface area contributed by atoms with Gasteiger partial charge in [0.25, 0.3) is 5.91 Å². The van der Waals surface area contributed by atoms with E-state index in [4.69, 9.17) is 27.9 Å². The zero-order valence-electron chi connectivity index (χ0n) is 14.8. The SMILES string of the molecule is O=C(COC(=O)CCc1cnn(-c2ccccc2)c1)Nc1cc(Cl)ccc1Cl. The van der Waals surface area contributed by atoms with Crippen molar-refractivity contribution in [1.29, 1.82) is 0 Å². The number of para-hydroxylation sites is 1. The Labute approximate surface area is 172 Å². The van der Waals surface area contributed by atoms with Crippen molar-refractivity contribution >= 4 is 40.8 Å². The van der Waals surface area contributed by atoms with Crippen molar-refractivity contribution in [2.24, 2.45) is 0 Å². The summed E-state index contributed by atoms with van der Waals surface area (Å²) in [7, 11) is 0. The van der Waals surface area contributed by atoms with Crippen molar-refractivity contribution in [2.45, 2.75) is 12.8 Å². The molecule has 8 heteroatoms. The molecule has 3 rings (SSSR count). The number of benzene rings is 2. The van der Waals surface area contributed by atoms with E-state index in [1.54, 1.807) is 23.0 Å². The number of carbonyl (C=O) groups excluding carboxylic acids is 2. The minimum absolute atomic E-state index is 0.145. The Morgan fingerprint density at radius 3 is 2.68 bits per heavy atom. The van der Waals surface area contributed by atoms with Gasteiger partial charge in [0.05, 0.1) is 22.6 Å². The highest BCUT2D eigenvalue weighted by atomic mass is 35.5. The maximum atomic E-state index is 11.9. The summed E-state index contributed by atoms with van der Waals surface area (Å²) in [4.78, 5) is 23.8. The number of rotatable bonds is 7. The number of esters is 1. The van der Waals surface area contributed by atoms with Gasteiger partial charge in [-0.05, 0) is 42.3 Å². The van der Waals surface area contributed by atoms with E-state index in [2.05, 4.69) is 10.4 Å². The molecule has 28 heavy (non-hydrogen) atoms. The Hall–Kier alpha value is -2.83. The molecule has 1 amide bonds. The highest BCUT2D eigenvalue weighted by molar-refractivity contribution is 6.35. The van der Waals surface area contributed by atoms with Crippen molar-refractivity contribution < 1.29 is 14.3 Å². The number of amides is 1. The number of carbonyl (C=O) groups is 2. The molecule has 3 aromatic rings. The van der Waals surface area contributed by atoms with Crippen LogP contribution in [0.15, 0.2) is 60.9 Å².